The molecule has 2 N–H and O–H groups in total. The molecule has 0 saturated carbocycles. The standard InChI is InChI=1S/C23H25ClFN3O3S/c1-31-21-13-17(24)5-8-19(21)27-22-15-32-14-20(16-3-6-18(25)7-4-16)28(22)12-2-10-26-11-9-23(29)30/h3-8,13-14,26H,2,9-12,15H2,1H3,(H,29,30). The summed E-state index contributed by atoms with van der Waals surface area (Å²) in [7, 11) is 1.58. The topological polar surface area (TPSA) is 74.2 Å². The summed E-state index contributed by atoms with van der Waals surface area (Å²) in [6.45, 7) is 1.76. The molecule has 1 aliphatic rings. The highest BCUT2D eigenvalue weighted by Crippen LogP contribution is 2.34. The minimum Gasteiger partial charge on any atom is -0.494 e. The minimum atomic E-state index is -0.821. The summed E-state index contributed by atoms with van der Waals surface area (Å²) >= 11 is 7.71. The van der Waals surface area contributed by atoms with Crippen LogP contribution in [0.25, 0.3) is 5.70 Å². The van der Waals surface area contributed by atoms with Gasteiger partial charge in [0.25, 0.3) is 0 Å². The predicted octanol–water partition coefficient (Wildman–Crippen LogP) is 5.02. The van der Waals surface area contributed by atoms with E-state index in [0.29, 0.717) is 41.8 Å². The van der Waals surface area contributed by atoms with Crippen molar-refractivity contribution in [1.29, 1.82) is 0 Å². The van der Waals surface area contributed by atoms with Crippen molar-refractivity contribution < 1.29 is 19.0 Å². The third-order valence-electron chi connectivity index (χ3n) is 4.79. The molecule has 3 rings (SSSR count). The molecule has 9 heteroatoms. The van der Waals surface area contributed by atoms with E-state index in [1.807, 2.05) is 6.07 Å². The zero-order valence-electron chi connectivity index (χ0n) is 17.7. The number of halogens is 2. The predicted molar refractivity (Wildman–Crippen MR) is 128 cm³/mol. The highest BCUT2D eigenvalue weighted by molar-refractivity contribution is 8.03. The quantitative estimate of drug-likeness (QED) is 0.468. The van der Waals surface area contributed by atoms with Crippen LogP contribution in [0.5, 0.6) is 5.75 Å². The number of nitrogens with one attached hydrogen (secondary N) is 1. The molecule has 0 saturated heterocycles. The summed E-state index contributed by atoms with van der Waals surface area (Å²) in [6.07, 6.45) is 0.865. The number of hydrogen-bond acceptors (Lipinski definition) is 5. The first-order chi connectivity index (χ1) is 15.5. The summed E-state index contributed by atoms with van der Waals surface area (Å²) in [5.74, 6) is 1.000. The Balaban J connectivity index is 1.83. The fourth-order valence-corrected chi connectivity index (χ4v) is 4.26. The second-order valence-corrected chi connectivity index (χ2v) is 8.36. The Labute approximate surface area is 196 Å². The Morgan fingerprint density at radius 2 is 2.06 bits per heavy atom. The second-order valence-electron chi connectivity index (χ2n) is 7.06. The monoisotopic (exact) mass is 477 g/mol. The maximum Gasteiger partial charge on any atom is 0.304 e. The molecule has 32 heavy (non-hydrogen) atoms. The summed E-state index contributed by atoms with van der Waals surface area (Å²) in [5, 5.41) is 14.5. The lowest BCUT2D eigenvalue weighted by Crippen LogP contribution is -2.35. The van der Waals surface area contributed by atoms with Gasteiger partial charge < -0.3 is 20.1 Å². The van der Waals surface area contributed by atoms with E-state index >= 15 is 0 Å². The van der Waals surface area contributed by atoms with Gasteiger partial charge in [-0.15, -0.1) is 11.8 Å². The third kappa shape index (κ3) is 6.72. The van der Waals surface area contributed by atoms with Gasteiger partial charge in [0.05, 0.1) is 25.0 Å². The number of rotatable bonds is 10. The van der Waals surface area contributed by atoms with E-state index in [-0.39, 0.29) is 12.2 Å². The number of hydrogen-bond donors (Lipinski definition) is 2. The van der Waals surface area contributed by atoms with Gasteiger partial charge in [-0.1, -0.05) is 11.6 Å². The molecule has 0 aromatic heterocycles. The molecule has 0 atom stereocenters. The fourth-order valence-electron chi connectivity index (χ4n) is 3.23. The molecule has 0 radical (unpaired) electrons. The second kappa shape index (κ2) is 11.9. The molecule has 6 nitrogen and oxygen atoms in total. The van der Waals surface area contributed by atoms with Crippen LogP contribution in [0.15, 0.2) is 52.9 Å². The molecule has 0 bridgehead atoms. The van der Waals surface area contributed by atoms with Crippen molar-refractivity contribution in [1.82, 2.24) is 10.2 Å². The summed E-state index contributed by atoms with van der Waals surface area (Å²) in [5.41, 5.74) is 2.52. The van der Waals surface area contributed by atoms with Gasteiger partial charge in [0.15, 0.2) is 0 Å². The van der Waals surface area contributed by atoms with E-state index < -0.39 is 5.97 Å². The van der Waals surface area contributed by atoms with Gasteiger partial charge in [0, 0.05) is 24.2 Å². The first kappa shape index (κ1) is 24.1. The lowest BCUT2D eigenvalue weighted by Gasteiger charge is -2.32. The third-order valence-corrected chi connectivity index (χ3v) is 5.84. The number of aliphatic imine (C=N–C) groups is 1. The van der Waals surface area contributed by atoms with E-state index in [1.165, 1.54) is 12.1 Å². The van der Waals surface area contributed by atoms with Crippen LogP contribution in [0, 0.1) is 5.82 Å². The fraction of sp³-hybridized carbons (Fsp3) is 0.304. The number of carbonyl (C=O) groups is 1. The number of methoxy groups -OCH3 is 1. The average molecular weight is 478 g/mol. The molecule has 0 amide bonds. The summed E-state index contributed by atoms with van der Waals surface area (Å²) < 4.78 is 18.9. The van der Waals surface area contributed by atoms with E-state index in [2.05, 4.69) is 15.6 Å². The van der Waals surface area contributed by atoms with Crippen molar-refractivity contribution in [2.75, 3.05) is 32.5 Å². The first-order valence-corrected chi connectivity index (χ1v) is 11.6. The van der Waals surface area contributed by atoms with Gasteiger partial charge in [0.1, 0.15) is 23.1 Å². The van der Waals surface area contributed by atoms with Crippen molar-refractivity contribution in [2.24, 2.45) is 4.99 Å². The highest BCUT2D eigenvalue weighted by Gasteiger charge is 2.22. The van der Waals surface area contributed by atoms with Crippen molar-refractivity contribution in [3.63, 3.8) is 0 Å². The maximum atomic E-state index is 13.5. The zero-order valence-corrected chi connectivity index (χ0v) is 19.3. The lowest BCUT2D eigenvalue weighted by atomic mass is 10.1. The molecule has 170 valence electrons. The van der Waals surface area contributed by atoms with E-state index in [4.69, 9.17) is 26.4 Å². The van der Waals surface area contributed by atoms with Crippen molar-refractivity contribution in [2.45, 2.75) is 12.8 Å². The van der Waals surface area contributed by atoms with Crippen LogP contribution < -0.4 is 10.1 Å². The molecular weight excluding hydrogens is 453 g/mol. The van der Waals surface area contributed by atoms with Crippen LogP contribution >= 0.6 is 23.4 Å². The lowest BCUT2D eigenvalue weighted by molar-refractivity contribution is -0.136. The van der Waals surface area contributed by atoms with Gasteiger partial charge in [-0.2, -0.15) is 0 Å². The Morgan fingerprint density at radius 3 is 2.78 bits per heavy atom. The number of benzene rings is 2. The summed E-state index contributed by atoms with van der Waals surface area (Å²) in [6, 6.07) is 11.7. The van der Waals surface area contributed by atoms with Crippen LogP contribution in [0.4, 0.5) is 10.1 Å². The van der Waals surface area contributed by atoms with E-state index in [1.54, 1.807) is 43.1 Å². The number of carboxylic acid groups (broad SMARTS) is 1. The molecule has 0 unspecified atom stereocenters. The number of aliphatic carboxylic acids is 1. The SMILES string of the molecule is COc1cc(Cl)ccc1N=C1CSC=C(c2ccc(F)cc2)N1CCCNCCC(=O)O. The normalized spacial score (nSPS) is 15.0. The first-order valence-electron chi connectivity index (χ1n) is 10.2. The molecular formula is C23H25ClFN3O3S. The Kier molecular flexibility index (Phi) is 8.96. The minimum absolute atomic E-state index is 0.0875. The smallest absolute Gasteiger partial charge is 0.304 e. The molecule has 1 heterocycles. The zero-order chi connectivity index (χ0) is 22.9. The van der Waals surface area contributed by atoms with Gasteiger partial charge in [-0.25, -0.2) is 9.38 Å². The Morgan fingerprint density at radius 1 is 1.28 bits per heavy atom. The number of nitrogens with zero attached hydrogens (tertiary/aromatic N) is 2. The van der Waals surface area contributed by atoms with Crippen molar-refractivity contribution >= 4 is 46.6 Å². The molecule has 2 aromatic rings. The largest absolute Gasteiger partial charge is 0.494 e. The van der Waals surface area contributed by atoms with E-state index in [0.717, 1.165) is 23.5 Å². The summed E-state index contributed by atoms with van der Waals surface area (Å²) in [4.78, 5) is 17.7. The van der Waals surface area contributed by atoms with Gasteiger partial charge in [-0.3, -0.25) is 4.79 Å². The highest BCUT2D eigenvalue weighted by atomic mass is 35.5. The molecule has 0 aliphatic carbocycles. The molecule has 0 fully saturated rings. The average Bonchev–Trinajstić information content (AvgIpc) is 2.78. The van der Waals surface area contributed by atoms with Gasteiger partial charge >= 0.3 is 5.97 Å². The van der Waals surface area contributed by atoms with Crippen molar-refractivity contribution in [3.8, 4) is 5.75 Å². The van der Waals surface area contributed by atoms with Crippen LogP contribution in [-0.2, 0) is 4.79 Å². The Hall–Kier alpha value is -2.55. The molecule has 0 spiro atoms. The number of carboxylic acids is 1. The molecule has 1 aliphatic heterocycles. The van der Waals surface area contributed by atoms with Gasteiger partial charge in [0.2, 0.25) is 0 Å². The number of amidine groups is 1. The van der Waals surface area contributed by atoms with Crippen LogP contribution in [-0.4, -0.2) is 54.3 Å². The van der Waals surface area contributed by atoms with Crippen molar-refractivity contribution in [3.05, 3.63) is 64.3 Å². The van der Waals surface area contributed by atoms with Crippen LogP contribution in [0.3, 0.4) is 0 Å². The van der Waals surface area contributed by atoms with E-state index in [9.17, 15) is 9.18 Å². The molecule has 2 aromatic carbocycles. The number of ether oxygens (including phenoxy) is 1. The Bertz CT molecular complexity index is 998. The maximum absolute atomic E-state index is 13.5. The van der Waals surface area contributed by atoms with Gasteiger partial charge in [-0.05, 0) is 60.3 Å². The van der Waals surface area contributed by atoms with Crippen LogP contribution in [0.2, 0.25) is 5.02 Å². The van der Waals surface area contributed by atoms with Crippen LogP contribution in [0.1, 0.15) is 18.4 Å². The number of thioether (sulfide) groups is 1.